The summed E-state index contributed by atoms with van der Waals surface area (Å²) >= 11 is 4.36. The number of thioether (sulfide) groups is 2. The van der Waals surface area contributed by atoms with Gasteiger partial charge in [0.25, 0.3) is 0 Å². The van der Waals surface area contributed by atoms with Gasteiger partial charge in [-0.3, -0.25) is 10.1 Å². The maximum absolute atomic E-state index is 11.6. The smallest absolute Gasteiger partial charge is 0.321 e. The van der Waals surface area contributed by atoms with Crippen LogP contribution in [0.4, 0.5) is 4.79 Å². The largest absolute Gasteiger partial charge is 0.338 e. The number of hydrogen-bond donors (Lipinski definition) is 2. The van der Waals surface area contributed by atoms with Crippen LogP contribution in [0.1, 0.15) is 27.2 Å². The van der Waals surface area contributed by atoms with Gasteiger partial charge in [-0.1, -0.05) is 55.6 Å². The number of carbonyl (C=O) groups is 2. The van der Waals surface area contributed by atoms with E-state index < -0.39 is 6.03 Å². The van der Waals surface area contributed by atoms with Crippen molar-refractivity contribution in [1.82, 2.24) is 20.8 Å². The van der Waals surface area contributed by atoms with Gasteiger partial charge in [-0.15, -0.1) is 10.2 Å². The van der Waals surface area contributed by atoms with E-state index in [9.17, 15) is 9.59 Å². The van der Waals surface area contributed by atoms with E-state index >= 15 is 0 Å². The minimum absolute atomic E-state index is 0.156. The summed E-state index contributed by atoms with van der Waals surface area (Å²) in [4.78, 5) is 23.1. The zero-order chi connectivity index (χ0) is 15.7. The second-order valence-corrected chi connectivity index (χ2v) is 8.25. The lowest BCUT2D eigenvalue weighted by Crippen LogP contribution is -2.40. The molecule has 1 rings (SSSR count). The Labute approximate surface area is 137 Å². The standard InChI is InChI=1S/C12H20N4O2S3/c1-4-19-11-15-16-12(21-11)20-7-9(17)14-10(18)13-6-5-8(2)3/h8H,4-7H2,1-3H3,(H2,13,14,17,18). The van der Waals surface area contributed by atoms with E-state index in [0.717, 1.165) is 20.9 Å². The minimum atomic E-state index is -0.444. The lowest BCUT2D eigenvalue weighted by Gasteiger charge is -2.07. The van der Waals surface area contributed by atoms with Crippen molar-refractivity contribution >= 4 is 46.8 Å². The first kappa shape index (κ1) is 18.2. The van der Waals surface area contributed by atoms with Gasteiger partial charge in [0.1, 0.15) is 0 Å². The molecule has 1 aromatic rings. The van der Waals surface area contributed by atoms with Crippen molar-refractivity contribution in [2.75, 3.05) is 18.1 Å². The first-order valence-corrected chi connectivity index (χ1v) is 9.46. The molecular weight excluding hydrogens is 328 g/mol. The van der Waals surface area contributed by atoms with Crippen LogP contribution in [-0.2, 0) is 4.79 Å². The molecule has 0 bridgehead atoms. The van der Waals surface area contributed by atoms with Gasteiger partial charge in [0.05, 0.1) is 5.75 Å². The zero-order valence-corrected chi connectivity index (χ0v) is 14.8. The Kier molecular flexibility index (Phi) is 8.70. The number of amides is 3. The molecule has 0 saturated heterocycles. The monoisotopic (exact) mass is 348 g/mol. The second kappa shape index (κ2) is 10.0. The van der Waals surface area contributed by atoms with Crippen molar-refractivity contribution in [3.63, 3.8) is 0 Å². The molecule has 0 fully saturated rings. The van der Waals surface area contributed by atoms with E-state index in [1.807, 2.05) is 6.92 Å². The van der Waals surface area contributed by atoms with Gasteiger partial charge in [-0.05, 0) is 18.1 Å². The van der Waals surface area contributed by atoms with Gasteiger partial charge in [0.2, 0.25) is 5.91 Å². The Hall–Kier alpha value is -0.800. The maximum Gasteiger partial charge on any atom is 0.321 e. The van der Waals surface area contributed by atoms with Crippen molar-refractivity contribution < 1.29 is 9.59 Å². The average molecular weight is 349 g/mol. The van der Waals surface area contributed by atoms with Crippen molar-refractivity contribution in [2.45, 2.75) is 35.9 Å². The average Bonchev–Trinajstić information content (AvgIpc) is 2.84. The summed E-state index contributed by atoms with van der Waals surface area (Å²) in [6.07, 6.45) is 0.888. The molecule has 0 unspecified atom stereocenters. The molecule has 9 heteroatoms. The van der Waals surface area contributed by atoms with Crippen LogP contribution in [0.15, 0.2) is 8.68 Å². The summed E-state index contributed by atoms with van der Waals surface area (Å²) in [7, 11) is 0. The molecule has 0 saturated carbocycles. The van der Waals surface area contributed by atoms with E-state index in [-0.39, 0.29) is 11.7 Å². The molecule has 21 heavy (non-hydrogen) atoms. The van der Waals surface area contributed by atoms with Crippen molar-refractivity contribution in [3.8, 4) is 0 Å². The van der Waals surface area contributed by atoms with Crippen LogP contribution >= 0.6 is 34.9 Å². The molecule has 2 N–H and O–H groups in total. The predicted octanol–water partition coefficient (Wildman–Crippen LogP) is 2.61. The van der Waals surface area contributed by atoms with Gasteiger partial charge in [0.15, 0.2) is 8.68 Å². The second-order valence-electron chi connectivity index (χ2n) is 4.54. The third-order valence-electron chi connectivity index (χ3n) is 2.24. The fourth-order valence-corrected chi connectivity index (χ4v) is 3.96. The molecule has 0 atom stereocenters. The summed E-state index contributed by atoms with van der Waals surface area (Å²) < 4.78 is 1.63. The first-order valence-electron chi connectivity index (χ1n) is 6.68. The Balaban J connectivity index is 2.22. The first-order chi connectivity index (χ1) is 10.0. The van der Waals surface area contributed by atoms with Crippen LogP contribution in [0.3, 0.4) is 0 Å². The van der Waals surface area contributed by atoms with Crippen LogP contribution in [0.25, 0.3) is 0 Å². The third kappa shape index (κ3) is 8.27. The summed E-state index contributed by atoms with van der Waals surface area (Å²) in [5, 5.41) is 12.9. The SMILES string of the molecule is CCSc1nnc(SCC(=O)NC(=O)NCCC(C)C)s1. The molecule has 1 heterocycles. The topological polar surface area (TPSA) is 84.0 Å². The molecule has 118 valence electrons. The van der Waals surface area contributed by atoms with Gasteiger partial charge < -0.3 is 5.32 Å². The van der Waals surface area contributed by atoms with E-state index in [1.165, 1.54) is 23.1 Å². The summed E-state index contributed by atoms with van der Waals surface area (Å²) in [6.45, 7) is 6.77. The molecule has 0 aliphatic carbocycles. The Morgan fingerprint density at radius 3 is 2.52 bits per heavy atom. The van der Waals surface area contributed by atoms with Gasteiger partial charge in [-0.2, -0.15) is 0 Å². The fourth-order valence-electron chi connectivity index (χ4n) is 1.25. The van der Waals surface area contributed by atoms with Crippen LogP contribution in [0.2, 0.25) is 0 Å². The minimum Gasteiger partial charge on any atom is -0.338 e. The number of aromatic nitrogens is 2. The molecule has 0 radical (unpaired) electrons. The van der Waals surface area contributed by atoms with E-state index in [0.29, 0.717) is 12.5 Å². The maximum atomic E-state index is 11.6. The van der Waals surface area contributed by atoms with Crippen molar-refractivity contribution in [1.29, 1.82) is 0 Å². The molecule has 0 aliphatic rings. The number of urea groups is 1. The highest BCUT2D eigenvalue weighted by atomic mass is 32.2. The van der Waals surface area contributed by atoms with E-state index in [2.05, 4.69) is 34.7 Å². The summed E-state index contributed by atoms with van der Waals surface area (Å²) in [6, 6.07) is -0.444. The molecule has 0 aromatic carbocycles. The predicted molar refractivity (Wildman–Crippen MR) is 88.0 cm³/mol. The van der Waals surface area contributed by atoms with Crippen molar-refractivity contribution in [3.05, 3.63) is 0 Å². The molecule has 6 nitrogen and oxygen atoms in total. The van der Waals surface area contributed by atoms with Crippen LogP contribution in [0, 0.1) is 5.92 Å². The number of nitrogens with one attached hydrogen (secondary N) is 2. The Morgan fingerprint density at radius 2 is 1.90 bits per heavy atom. The highest BCUT2D eigenvalue weighted by molar-refractivity contribution is 8.03. The number of rotatable bonds is 8. The Morgan fingerprint density at radius 1 is 1.24 bits per heavy atom. The highest BCUT2D eigenvalue weighted by Gasteiger charge is 2.10. The highest BCUT2D eigenvalue weighted by Crippen LogP contribution is 2.28. The third-order valence-corrected chi connectivity index (χ3v) is 5.31. The quantitative estimate of drug-likeness (QED) is 0.703. The fraction of sp³-hybridized carbons (Fsp3) is 0.667. The van der Waals surface area contributed by atoms with E-state index in [1.54, 1.807) is 11.8 Å². The van der Waals surface area contributed by atoms with Crippen molar-refractivity contribution in [2.24, 2.45) is 5.92 Å². The molecular formula is C12H20N4O2S3. The van der Waals surface area contributed by atoms with Gasteiger partial charge in [0, 0.05) is 6.54 Å². The zero-order valence-electron chi connectivity index (χ0n) is 12.3. The lowest BCUT2D eigenvalue weighted by molar-refractivity contribution is -0.117. The number of imide groups is 1. The molecule has 0 aliphatic heterocycles. The van der Waals surface area contributed by atoms with Gasteiger partial charge in [-0.25, -0.2) is 4.79 Å². The van der Waals surface area contributed by atoms with Crippen LogP contribution < -0.4 is 10.6 Å². The Bertz CT molecular complexity index is 465. The lowest BCUT2D eigenvalue weighted by atomic mass is 10.1. The van der Waals surface area contributed by atoms with Crippen LogP contribution in [-0.4, -0.2) is 40.2 Å². The number of carbonyl (C=O) groups excluding carboxylic acids is 2. The molecule has 0 spiro atoms. The van der Waals surface area contributed by atoms with Gasteiger partial charge >= 0.3 is 6.03 Å². The summed E-state index contributed by atoms with van der Waals surface area (Å²) in [5.41, 5.74) is 0. The van der Waals surface area contributed by atoms with Crippen LogP contribution in [0.5, 0.6) is 0 Å². The number of nitrogens with zero attached hydrogens (tertiary/aromatic N) is 2. The summed E-state index contributed by atoms with van der Waals surface area (Å²) in [5.74, 6) is 1.28. The molecule has 3 amide bonds. The van der Waals surface area contributed by atoms with E-state index in [4.69, 9.17) is 0 Å². The number of hydrogen-bond acceptors (Lipinski definition) is 7. The molecule has 1 aromatic heterocycles. The normalized spacial score (nSPS) is 10.7.